The van der Waals surface area contributed by atoms with Crippen molar-refractivity contribution >= 4 is 57.6 Å². The summed E-state index contributed by atoms with van der Waals surface area (Å²) in [4.78, 5) is 59.7. The Bertz CT molecular complexity index is 1310. The van der Waals surface area contributed by atoms with Gasteiger partial charge in [-0.05, 0) is 0 Å². The number of thiazole rings is 1. The molecule has 2 atom stereocenters. The highest BCUT2D eigenvalue weighted by Crippen LogP contribution is 2.40. The molecule has 38 heavy (non-hydrogen) atoms. The Morgan fingerprint density at radius 3 is 2.71 bits per heavy atom. The molecule has 0 spiro atoms. The molecule has 2 aromatic heterocycles. The van der Waals surface area contributed by atoms with Gasteiger partial charge in [0.15, 0.2) is 29.8 Å². The Morgan fingerprint density at radius 2 is 2.08 bits per heavy atom. The normalized spacial score (nSPS) is 18.9. The van der Waals surface area contributed by atoms with Crippen molar-refractivity contribution in [3.63, 3.8) is 0 Å². The number of anilines is 1. The van der Waals surface area contributed by atoms with Crippen LogP contribution in [0.3, 0.4) is 0 Å². The van der Waals surface area contributed by atoms with Crippen LogP contribution in [0.5, 0.6) is 0 Å². The summed E-state index contributed by atoms with van der Waals surface area (Å²) in [6.07, 6.45) is 3.60. The van der Waals surface area contributed by atoms with E-state index in [1.807, 2.05) is 22.8 Å². The molecule has 0 saturated carbocycles. The Labute approximate surface area is 224 Å². The van der Waals surface area contributed by atoms with Crippen LogP contribution in [-0.4, -0.2) is 85.0 Å². The SMILES string of the molecule is CC(=O)N(O)CCO/N=C(\C(=O)N[C@@H]1C(=O)N2C(C(=O)O)=C(C[n+]3ccccc3)CS[C@H]12)c1csc(N)n1. The fourth-order valence-corrected chi connectivity index (χ4v) is 5.65. The van der Waals surface area contributed by atoms with E-state index in [0.29, 0.717) is 22.9 Å². The van der Waals surface area contributed by atoms with Gasteiger partial charge in [0, 0.05) is 35.8 Å². The number of fused-ring (bicyclic) bond motifs is 1. The van der Waals surface area contributed by atoms with E-state index in [2.05, 4.69) is 15.5 Å². The van der Waals surface area contributed by atoms with Crippen LogP contribution in [0.1, 0.15) is 12.6 Å². The van der Waals surface area contributed by atoms with Gasteiger partial charge < -0.3 is 21.0 Å². The predicted octanol–water partition coefficient (Wildman–Crippen LogP) is -0.590. The molecular formula is C22H24N7O7S2+. The van der Waals surface area contributed by atoms with Gasteiger partial charge in [0.2, 0.25) is 5.91 Å². The van der Waals surface area contributed by atoms with Gasteiger partial charge >= 0.3 is 5.97 Å². The van der Waals surface area contributed by atoms with Gasteiger partial charge in [-0.1, -0.05) is 11.2 Å². The molecule has 2 aromatic rings. The quantitative estimate of drug-likeness (QED) is 0.0727. The van der Waals surface area contributed by atoms with Gasteiger partial charge in [-0.15, -0.1) is 23.1 Å². The molecule has 4 rings (SSSR count). The topological polar surface area (TPSA) is 192 Å². The Balaban J connectivity index is 1.48. The molecule has 14 nitrogen and oxygen atoms in total. The number of rotatable bonds is 10. The van der Waals surface area contributed by atoms with Crippen molar-refractivity contribution in [2.24, 2.45) is 5.16 Å². The minimum atomic E-state index is -1.22. The minimum absolute atomic E-state index is 0.0934. The van der Waals surface area contributed by atoms with Crippen molar-refractivity contribution in [1.82, 2.24) is 20.3 Å². The van der Waals surface area contributed by atoms with Gasteiger partial charge in [-0.2, -0.15) is 0 Å². The molecule has 5 N–H and O–H groups in total. The van der Waals surface area contributed by atoms with Crippen LogP contribution in [0.25, 0.3) is 0 Å². The molecule has 1 fully saturated rings. The molecule has 1 saturated heterocycles. The van der Waals surface area contributed by atoms with Crippen LogP contribution in [0.2, 0.25) is 0 Å². The van der Waals surface area contributed by atoms with Gasteiger partial charge in [-0.25, -0.2) is 19.4 Å². The highest BCUT2D eigenvalue weighted by atomic mass is 32.2. The number of carboxylic acids is 1. The Hall–Kier alpha value is -4.02. The zero-order valence-corrected chi connectivity index (χ0v) is 21.6. The summed E-state index contributed by atoms with van der Waals surface area (Å²) >= 11 is 2.40. The summed E-state index contributed by atoms with van der Waals surface area (Å²) in [6.45, 7) is 1.04. The highest BCUT2D eigenvalue weighted by Gasteiger charge is 2.54. The van der Waals surface area contributed by atoms with E-state index in [0.717, 1.165) is 18.3 Å². The number of nitrogens with zero attached hydrogens (tertiary/aromatic N) is 5. The van der Waals surface area contributed by atoms with Gasteiger partial charge in [-0.3, -0.25) is 24.5 Å². The second-order valence-corrected chi connectivity index (χ2v) is 10.1. The van der Waals surface area contributed by atoms with Crippen LogP contribution >= 0.6 is 23.1 Å². The van der Waals surface area contributed by atoms with Crippen molar-refractivity contribution in [1.29, 1.82) is 0 Å². The number of β-lactam (4-membered cyclic amide) rings is 1. The largest absolute Gasteiger partial charge is 0.477 e. The van der Waals surface area contributed by atoms with E-state index in [1.165, 1.54) is 22.0 Å². The molecule has 2 aliphatic rings. The fourth-order valence-electron chi connectivity index (χ4n) is 3.77. The lowest BCUT2D eigenvalue weighted by atomic mass is 10.0. The number of amides is 3. The number of thioether (sulfide) groups is 1. The average Bonchev–Trinajstić information content (AvgIpc) is 3.32. The first kappa shape index (κ1) is 27.0. The lowest BCUT2D eigenvalue weighted by molar-refractivity contribution is -0.689. The van der Waals surface area contributed by atoms with Crippen LogP contribution < -0.4 is 15.6 Å². The van der Waals surface area contributed by atoms with Crippen molar-refractivity contribution in [3.8, 4) is 0 Å². The number of pyridine rings is 1. The number of carbonyl (C=O) groups is 4. The van der Waals surface area contributed by atoms with Gasteiger partial charge in [0.05, 0.1) is 6.54 Å². The summed E-state index contributed by atoms with van der Waals surface area (Å²) in [7, 11) is 0. The molecular weight excluding hydrogens is 538 g/mol. The molecule has 0 radical (unpaired) electrons. The van der Waals surface area contributed by atoms with Crippen molar-refractivity contribution < 1.29 is 38.9 Å². The zero-order valence-electron chi connectivity index (χ0n) is 20.0. The summed E-state index contributed by atoms with van der Waals surface area (Å²) < 4.78 is 1.82. The minimum Gasteiger partial charge on any atom is -0.477 e. The zero-order chi connectivity index (χ0) is 27.4. The van der Waals surface area contributed by atoms with E-state index in [1.54, 1.807) is 12.4 Å². The van der Waals surface area contributed by atoms with E-state index >= 15 is 0 Å². The second kappa shape index (κ2) is 11.6. The number of aliphatic carboxylic acids is 1. The molecule has 16 heteroatoms. The Morgan fingerprint density at radius 1 is 1.34 bits per heavy atom. The average molecular weight is 563 g/mol. The van der Waals surface area contributed by atoms with Crippen molar-refractivity contribution in [2.75, 3.05) is 24.6 Å². The second-order valence-electron chi connectivity index (χ2n) is 8.15. The van der Waals surface area contributed by atoms with Crippen LogP contribution in [0.4, 0.5) is 5.13 Å². The molecule has 0 unspecified atom stereocenters. The van der Waals surface area contributed by atoms with Crippen molar-refractivity contribution in [3.05, 3.63) is 52.9 Å². The third-order valence-corrected chi connectivity index (χ3v) is 7.59. The maximum Gasteiger partial charge on any atom is 0.352 e. The number of oxime groups is 1. The molecule has 0 aromatic carbocycles. The van der Waals surface area contributed by atoms with E-state index < -0.39 is 35.1 Å². The maximum absolute atomic E-state index is 13.1. The fraction of sp³-hybridized carbons (Fsp3) is 0.318. The molecule has 0 bridgehead atoms. The molecule has 4 heterocycles. The first-order chi connectivity index (χ1) is 18.2. The number of nitrogens with two attached hydrogens (primary N) is 1. The van der Waals surface area contributed by atoms with E-state index in [4.69, 9.17) is 10.6 Å². The van der Waals surface area contributed by atoms with Crippen LogP contribution in [-0.2, 0) is 30.6 Å². The molecule has 200 valence electrons. The van der Waals surface area contributed by atoms with Gasteiger partial charge in [0.1, 0.15) is 29.4 Å². The van der Waals surface area contributed by atoms with Crippen LogP contribution in [0.15, 0.2) is 52.4 Å². The monoisotopic (exact) mass is 562 g/mol. The Kier molecular flexibility index (Phi) is 8.23. The number of carboxylic acid groups (broad SMARTS) is 1. The number of carbonyl (C=O) groups excluding carboxylic acids is 3. The molecule has 2 aliphatic heterocycles. The van der Waals surface area contributed by atoms with Crippen molar-refractivity contribution in [2.45, 2.75) is 24.9 Å². The number of hydroxylamine groups is 2. The van der Waals surface area contributed by atoms with E-state index in [9.17, 15) is 29.5 Å². The third kappa shape index (κ3) is 5.76. The van der Waals surface area contributed by atoms with Gasteiger partial charge in [0.25, 0.3) is 11.8 Å². The third-order valence-electron chi connectivity index (χ3n) is 5.58. The maximum atomic E-state index is 13.1. The number of nitrogen functional groups attached to an aromatic ring is 1. The standard InChI is InChI=1S/C22H23N7O7S2/c1-12(30)28(35)7-8-36-26-15(14-11-38-22(23)24-14)18(31)25-16-19(32)29-17(21(33)34)13(10-37-20(16)29)9-27-5-3-2-4-6-27/h2-6,11,16,20,35H,7-10H2,1H3,(H3-,23,24,25,31,33,34)/p+1/b26-15-/t16-,20-/m1/s1. The summed E-state index contributed by atoms with van der Waals surface area (Å²) in [6, 6.07) is 4.49. The lowest BCUT2D eigenvalue weighted by Crippen LogP contribution is -2.71. The highest BCUT2D eigenvalue weighted by molar-refractivity contribution is 8.00. The number of hydrogen-bond acceptors (Lipinski definition) is 11. The first-order valence-electron chi connectivity index (χ1n) is 11.2. The summed E-state index contributed by atoms with van der Waals surface area (Å²) in [5.41, 5.74) is 5.99. The molecule has 3 amide bonds. The number of nitrogens with one attached hydrogen (secondary N) is 1. The summed E-state index contributed by atoms with van der Waals surface area (Å²) in [5, 5.41) is 27.1. The molecule has 0 aliphatic carbocycles. The summed E-state index contributed by atoms with van der Waals surface area (Å²) in [5.74, 6) is -2.82. The number of hydrogen-bond donors (Lipinski definition) is 4. The van der Waals surface area contributed by atoms with Crippen LogP contribution in [0, 0.1) is 0 Å². The lowest BCUT2D eigenvalue weighted by Gasteiger charge is -2.49. The first-order valence-corrected chi connectivity index (χ1v) is 13.1. The van der Waals surface area contributed by atoms with E-state index in [-0.39, 0.29) is 35.4 Å². The predicted molar refractivity (Wildman–Crippen MR) is 135 cm³/mol. The number of aromatic nitrogens is 2. The smallest absolute Gasteiger partial charge is 0.352 e.